The molecule has 2 heterocycles. The first-order valence-corrected chi connectivity index (χ1v) is 9.26. The number of thioether (sulfide) groups is 1. The summed E-state index contributed by atoms with van der Waals surface area (Å²) >= 11 is 1.39. The Balaban J connectivity index is 1.96. The van der Waals surface area contributed by atoms with Crippen LogP contribution in [0.15, 0.2) is 29.4 Å². The van der Waals surface area contributed by atoms with Gasteiger partial charge in [-0.3, -0.25) is 9.20 Å². The van der Waals surface area contributed by atoms with Crippen LogP contribution in [0.4, 0.5) is 0 Å². The number of carbonyl (C=O) groups excluding carboxylic acids is 1. The number of nitrogens with one attached hydrogen (secondary N) is 1. The Hall–Kier alpha value is -2.28. The predicted molar refractivity (Wildman–Crippen MR) is 100 cm³/mol. The molecule has 1 atom stereocenters. The molecule has 3 aromatic rings. The average molecular weight is 358 g/mol. The van der Waals surface area contributed by atoms with Crippen molar-refractivity contribution in [1.29, 1.82) is 0 Å². The standard InChI is InChI=1S/C18H22N4O2S/c1-5-12(3)19-17(23)10-25-18-21-20-16-8-11(2)14-7-6-13(24-4)9-15(14)22(16)18/h6-9,12H,5,10H2,1-4H3,(H,19,23). The molecule has 0 bridgehead atoms. The van der Waals surface area contributed by atoms with Crippen LogP contribution in [0, 0.1) is 6.92 Å². The highest BCUT2D eigenvalue weighted by molar-refractivity contribution is 7.99. The second-order valence-electron chi connectivity index (χ2n) is 6.05. The monoisotopic (exact) mass is 358 g/mol. The number of nitrogens with zero attached hydrogens (tertiary/aromatic N) is 3. The molecule has 0 aliphatic rings. The lowest BCUT2D eigenvalue weighted by molar-refractivity contribution is -0.119. The third kappa shape index (κ3) is 3.56. The van der Waals surface area contributed by atoms with Crippen LogP contribution in [-0.2, 0) is 4.79 Å². The predicted octanol–water partition coefficient (Wildman–Crippen LogP) is 3.21. The SMILES string of the molecule is CCC(C)NC(=O)CSc1nnc2cc(C)c3ccc(OC)cc3n12. The van der Waals surface area contributed by atoms with Gasteiger partial charge < -0.3 is 10.1 Å². The number of ether oxygens (including phenoxy) is 1. The van der Waals surface area contributed by atoms with E-state index < -0.39 is 0 Å². The molecule has 0 fully saturated rings. The molecule has 0 saturated heterocycles. The highest BCUT2D eigenvalue weighted by Gasteiger charge is 2.14. The van der Waals surface area contributed by atoms with Crippen molar-refractivity contribution in [1.82, 2.24) is 19.9 Å². The summed E-state index contributed by atoms with van der Waals surface area (Å²) in [6.45, 7) is 6.10. The number of fused-ring (bicyclic) bond motifs is 3. The van der Waals surface area contributed by atoms with E-state index in [1.807, 2.05) is 42.5 Å². The van der Waals surface area contributed by atoms with Crippen molar-refractivity contribution in [3.05, 3.63) is 29.8 Å². The van der Waals surface area contributed by atoms with E-state index in [1.54, 1.807) is 7.11 Å². The molecule has 0 aliphatic carbocycles. The van der Waals surface area contributed by atoms with Crippen LogP contribution in [0.2, 0.25) is 0 Å². The molecule has 0 radical (unpaired) electrons. The fourth-order valence-electron chi connectivity index (χ4n) is 2.67. The topological polar surface area (TPSA) is 68.5 Å². The van der Waals surface area contributed by atoms with Gasteiger partial charge in [0.25, 0.3) is 0 Å². The fraction of sp³-hybridized carbons (Fsp3) is 0.389. The zero-order valence-electron chi connectivity index (χ0n) is 14.9. The smallest absolute Gasteiger partial charge is 0.230 e. The number of rotatable bonds is 6. The van der Waals surface area contributed by atoms with Gasteiger partial charge in [-0.15, -0.1) is 10.2 Å². The molecule has 25 heavy (non-hydrogen) atoms. The van der Waals surface area contributed by atoms with Gasteiger partial charge in [-0.05, 0) is 44.0 Å². The second-order valence-corrected chi connectivity index (χ2v) is 6.99. The van der Waals surface area contributed by atoms with Gasteiger partial charge in [0.1, 0.15) is 5.75 Å². The Kier molecular flexibility index (Phi) is 5.13. The molecule has 1 N–H and O–H groups in total. The molecule has 0 spiro atoms. The largest absolute Gasteiger partial charge is 0.497 e. The first kappa shape index (κ1) is 17.5. The minimum atomic E-state index is 0.00472. The fourth-order valence-corrected chi connectivity index (χ4v) is 3.43. The number of aromatic nitrogens is 3. The second kappa shape index (κ2) is 7.31. The van der Waals surface area contributed by atoms with Crippen molar-refractivity contribution in [3.63, 3.8) is 0 Å². The van der Waals surface area contributed by atoms with Crippen molar-refractivity contribution in [2.24, 2.45) is 0 Å². The van der Waals surface area contributed by atoms with Gasteiger partial charge in [0.15, 0.2) is 10.8 Å². The summed E-state index contributed by atoms with van der Waals surface area (Å²) in [6.07, 6.45) is 0.911. The van der Waals surface area contributed by atoms with E-state index >= 15 is 0 Å². The van der Waals surface area contributed by atoms with E-state index in [4.69, 9.17) is 4.74 Å². The Morgan fingerprint density at radius 3 is 2.88 bits per heavy atom. The summed E-state index contributed by atoms with van der Waals surface area (Å²) in [5, 5.41) is 13.3. The van der Waals surface area contributed by atoms with Crippen molar-refractivity contribution >= 4 is 34.2 Å². The van der Waals surface area contributed by atoms with E-state index in [0.717, 1.165) is 34.3 Å². The van der Waals surface area contributed by atoms with Gasteiger partial charge >= 0.3 is 0 Å². The highest BCUT2D eigenvalue weighted by atomic mass is 32.2. The maximum absolute atomic E-state index is 12.1. The van der Waals surface area contributed by atoms with Crippen LogP contribution in [-0.4, -0.2) is 39.4 Å². The summed E-state index contributed by atoms with van der Waals surface area (Å²) in [7, 11) is 1.65. The van der Waals surface area contributed by atoms with Gasteiger partial charge in [-0.25, -0.2) is 0 Å². The summed E-state index contributed by atoms with van der Waals surface area (Å²) in [5.74, 6) is 1.09. The van der Waals surface area contributed by atoms with Gasteiger partial charge in [-0.2, -0.15) is 0 Å². The Labute approximate surface area is 151 Å². The van der Waals surface area contributed by atoms with E-state index in [-0.39, 0.29) is 11.9 Å². The Morgan fingerprint density at radius 2 is 2.16 bits per heavy atom. The van der Waals surface area contributed by atoms with Crippen LogP contribution in [0.5, 0.6) is 5.75 Å². The maximum atomic E-state index is 12.1. The lowest BCUT2D eigenvalue weighted by Crippen LogP contribution is -2.33. The third-order valence-electron chi connectivity index (χ3n) is 4.23. The zero-order chi connectivity index (χ0) is 18.0. The van der Waals surface area contributed by atoms with E-state index in [1.165, 1.54) is 11.8 Å². The number of amides is 1. The molecule has 6 nitrogen and oxygen atoms in total. The van der Waals surface area contributed by atoms with Gasteiger partial charge in [-0.1, -0.05) is 18.7 Å². The quantitative estimate of drug-likeness (QED) is 0.685. The van der Waals surface area contributed by atoms with Crippen LogP contribution < -0.4 is 10.1 Å². The molecule has 1 aromatic carbocycles. The number of benzene rings is 1. The number of hydrogen-bond acceptors (Lipinski definition) is 5. The summed E-state index contributed by atoms with van der Waals surface area (Å²) < 4.78 is 7.33. The molecular formula is C18H22N4O2S. The van der Waals surface area contributed by atoms with Gasteiger partial charge in [0.05, 0.1) is 18.4 Å². The molecule has 1 amide bonds. The number of aryl methyl sites for hydroxylation is 1. The van der Waals surface area contributed by atoms with Crippen molar-refractivity contribution in [2.75, 3.05) is 12.9 Å². The lowest BCUT2D eigenvalue weighted by atomic mass is 10.1. The molecule has 132 valence electrons. The summed E-state index contributed by atoms with van der Waals surface area (Å²) in [6, 6.07) is 8.13. The molecule has 7 heteroatoms. The van der Waals surface area contributed by atoms with E-state index in [2.05, 4.69) is 22.4 Å². The number of pyridine rings is 1. The molecule has 0 aliphatic heterocycles. The van der Waals surface area contributed by atoms with Crippen molar-refractivity contribution < 1.29 is 9.53 Å². The molecule has 1 unspecified atom stereocenters. The normalized spacial score (nSPS) is 12.5. The van der Waals surface area contributed by atoms with Gasteiger partial charge in [0, 0.05) is 17.5 Å². The maximum Gasteiger partial charge on any atom is 0.230 e. The lowest BCUT2D eigenvalue weighted by Gasteiger charge is -2.11. The molecule has 2 aromatic heterocycles. The number of hydrogen-bond donors (Lipinski definition) is 1. The summed E-state index contributed by atoms with van der Waals surface area (Å²) in [5.41, 5.74) is 2.87. The number of methoxy groups -OCH3 is 1. The van der Waals surface area contributed by atoms with Crippen LogP contribution in [0.3, 0.4) is 0 Å². The van der Waals surface area contributed by atoms with Crippen molar-refractivity contribution in [3.8, 4) is 5.75 Å². The molecule has 3 rings (SSSR count). The molecule has 0 saturated carbocycles. The Bertz CT molecular complexity index is 922. The van der Waals surface area contributed by atoms with Crippen LogP contribution >= 0.6 is 11.8 Å². The minimum absolute atomic E-state index is 0.00472. The van der Waals surface area contributed by atoms with Crippen molar-refractivity contribution in [2.45, 2.75) is 38.4 Å². The number of carbonyl (C=O) groups is 1. The van der Waals surface area contributed by atoms with Gasteiger partial charge in [0.2, 0.25) is 5.91 Å². The first-order chi connectivity index (χ1) is 12.0. The highest BCUT2D eigenvalue weighted by Crippen LogP contribution is 2.28. The third-order valence-corrected chi connectivity index (χ3v) is 5.16. The average Bonchev–Trinajstić information content (AvgIpc) is 3.02. The Morgan fingerprint density at radius 1 is 1.36 bits per heavy atom. The zero-order valence-corrected chi connectivity index (χ0v) is 15.7. The van der Waals surface area contributed by atoms with E-state index in [0.29, 0.717) is 10.9 Å². The van der Waals surface area contributed by atoms with Crippen LogP contribution in [0.1, 0.15) is 25.8 Å². The van der Waals surface area contributed by atoms with Crippen LogP contribution in [0.25, 0.3) is 16.6 Å². The summed E-state index contributed by atoms with van der Waals surface area (Å²) in [4.78, 5) is 12.1. The molecular weight excluding hydrogens is 336 g/mol. The first-order valence-electron chi connectivity index (χ1n) is 8.28. The minimum Gasteiger partial charge on any atom is -0.497 e. The van der Waals surface area contributed by atoms with E-state index in [9.17, 15) is 4.79 Å².